The highest BCUT2D eigenvalue weighted by Crippen LogP contribution is 2.47. The normalized spacial score (nSPS) is 22.0. The third kappa shape index (κ3) is 3.43. The summed E-state index contributed by atoms with van der Waals surface area (Å²) in [5, 5.41) is 0. The third-order valence-electron chi connectivity index (χ3n) is 4.75. The molecule has 0 amide bonds. The Labute approximate surface area is 125 Å². The Morgan fingerprint density at radius 1 is 1.19 bits per heavy atom. The summed E-state index contributed by atoms with van der Waals surface area (Å²) >= 11 is 0. The first-order valence-electron chi connectivity index (χ1n) is 7.64. The van der Waals surface area contributed by atoms with Gasteiger partial charge in [-0.05, 0) is 44.1 Å². The summed E-state index contributed by atoms with van der Waals surface area (Å²) in [4.78, 5) is 0. The molecule has 2 N–H and O–H groups in total. The summed E-state index contributed by atoms with van der Waals surface area (Å²) in [6.07, 6.45) is 3.57. The van der Waals surface area contributed by atoms with Crippen LogP contribution in [-0.2, 0) is 4.74 Å². The summed E-state index contributed by atoms with van der Waals surface area (Å²) < 4.78 is 33.1. The Morgan fingerprint density at radius 3 is 2.33 bits per heavy atom. The molecule has 1 aliphatic carbocycles. The van der Waals surface area contributed by atoms with Crippen LogP contribution in [0.5, 0.6) is 0 Å². The Balaban J connectivity index is 2.29. The van der Waals surface area contributed by atoms with Gasteiger partial charge in [-0.25, -0.2) is 8.78 Å². The zero-order valence-corrected chi connectivity index (χ0v) is 13.1. The molecule has 0 saturated heterocycles. The monoisotopic (exact) mass is 297 g/mol. The predicted octanol–water partition coefficient (Wildman–Crippen LogP) is 4.34. The van der Waals surface area contributed by atoms with Crippen LogP contribution >= 0.6 is 0 Å². The molecule has 2 nitrogen and oxygen atoms in total. The molecule has 0 spiro atoms. The minimum Gasteiger partial charge on any atom is -0.373 e. The second-order valence-corrected chi connectivity index (χ2v) is 6.81. The van der Waals surface area contributed by atoms with Gasteiger partial charge in [0.1, 0.15) is 11.6 Å². The van der Waals surface area contributed by atoms with Crippen molar-refractivity contribution in [1.29, 1.82) is 0 Å². The number of hydrogen-bond donors (Lipinski definition) is 1. The average Bonchev–Trinajstić information content (AvgIpc) is 2.41. The first kappa shape index (κ1) is 16.4. The van der Waals surface area contributed by atoms with Crippen molar-refractivity contribution < 1.29 is 13.5 Å². The fraction of sp³-hybridized carbons (Fsp3) is 0.647. The zero-order chi connectivity index (χ0) is 15.7. The van der Waals surface area contributed by atoms with E-state index in [-0.39, 0.29) is 5.41 Å². The van der Waals surface area contributed by atoms with Crippen molar-refractivity contribution in [1.82, 2.24) is 0 Å². The van der Waals surface area contributed by atoms with E-state index in [9.17, 15) is 8.78 Å². The highest BCUT2D eigenvalue weighted by molar-refractivity contribution is 5.25. The van der Waals surface area contributed by atoms with Gasteiger partial charge in [-0.3, -0.25) is 0 Å². The van der Waals surface area contributed by atoms with E-state index in [4.69, 9.17) is 10.5 Å². The smallest absolute Gasteiger partial charge is 0.130 e. The van der Waals surface area contributed by atoms with Crippen molar-refractivity contribution in [2.45, 2.75) is 58.1 Å². The molecule has 2 rings (SSSR count). The van der Waals surface area contributed by atoms with Crippen molar-refractivity contribution >= 4 is 0 Å². The molecule has 1 aliphatic rings. The van der Waals surface area contributed by atoms with Crippen molar-refractivity contribution in [2.24, 2.45) is 11.1 Å². The van der Waals surface area contributed by atoms with Gasteiger partial charge in [0.25, 0.3) is 0 Å². The molecule has 118 valence electrons. The molecule has 0 aromatic heterocycles. The predicted molar refractivity (Wildman–Crippen MR) is 79.9 cm³/mol. The maximum absolute atomic E-state index is 14.0. The van der Waals surface area contributed by atoms with Gasteiger partial charge in [-0.1, -0.05) is 19.9 Å². The van der Waals surface area contributed by atoms with E-state index in [0.29, 0.717) is 12.2 Å². The molecule has 1 unspecified atom stereocenters. The summed E-state index contributed by atoms with van der Waals surface area (Å²) in [7, 11) is 0. The van der Waals surface area contributed by atoms with Gasteiger partial charge in [0, 0.05) is 18.2 Å². The van der Waals surface area contributed by atoms with Gasteiger partial charge in [0.2, 0.25) is 0 Å². The van der Waals surface area contributed by atoms with E-state index < -0.39 is 23.3 Å². The van der Waals surface area contributed by atoms with Gasteiger partial charge < -0.3 is 10.5 Å². The number of ether oxygens (including phenoxy) is 1. The minimum atomic E-state index is -0.591. The molecule has 1 aromatic carbocycles. The lowest BCUT2D eigenvalue weighted by Crippen LogP contribution is -2.48. The summed E-state index contributed by atoms with van der Waals surface area (Å²) in [6, 6.07) is 3.01. The Hall–Kier alpha value is -1.00. The second kappa shape index (κ2) is 6.01. The molecule has 21 heavy (non-hydrogen) atoms. The molecular formula is C17H25F2NO. The fourth-order valence-corrected chi connectivity index (χ4v) is 3.22. The van der Waals surface area contributed by atoms with Gasteiger partial charge in [0.05, 0.1) is 11.6 Å². The van der Waals surface area contributed by atoms with E-state index in [1.54, 1.807) is 0 Å². The van der Waals surface area contributed by atoms with E-state index in [1.807, 2.05) is 6.92 Å². The fourth-order valence-electron chi connectivity index (χ4n) is 3.22. The first-order valence-corrected chi connectivity index (χ1v) is 7.64. The SMILES string of the molecule is CCOC1(C(N)c2ccc(F)cc2F)CCC(C)(C)CC1. The zero-order valence-electron chi connectivity index (χ0n) is 13.1. The first-order chi connectivity index (χ1) is 9.80. The molecule has 1 atom stereocenters. The lowest BCUT2D eigenvalue weighted by atomic mass is 9.67. The minimum absolute atomic E-state index is 0.266. The molecule has 1 fully saturated rings. The topological polar surface area (TPSA) is 35.2 Å². The number of rotatable bonds is 4. The molecule has 0 bridgehead atoms. The molecule has 1 saturated carbocycles. The van der Waals surface area contributed by atoms with Crippen molar-refractivity contribution in [2.75, 3.05) is 6.61 Å². The third-order valence-corrected chi connectivity index (χ3v) is 4.75. The van der Waals surface area contributed by atoms with Crippen LogP contribution < -0.4 is 5.73 Å². The van der Waals surface area contributed by atoms with Gasteiger partial charge in [-0.2, -0.15) is 0 Å². The Morgan fingerprint density at radius 2 is 1.81 bits per heavy atom. The van der Waals surface area contributed by atoms with E-state index >= 15 is 0 Å². The maximum Gasteiger partial charge on any atom is 0.130 e. The van der Waals surface area contributed by atoms with Gasteiger partial charge in [-0.15, -0.1) is 0 Å². The van der Waals surface area contributed by atoms with Crippen LogP contribution in [0.3, 0.4) is 0 Å². The van der Waals surface area contributed by atoms with Crippen molar-refractivity contribution in [3.05, 3.63) is 35.4 Å². The summed E-state index contributed by atoms with van der Waals surface area (Å²) in [6.45, 7) is 6.92. The van der Waals surface area contributed by atoms with Crippen molar-refractivity contribution in [3.63, 3.8) is 0 Å². The van der Waals surface area contributed by atoms with Crippen LogP contribution in [-0.4, -0.2) is 12.2 Å². The van der Waals surface area contributed by atoms with E-state index in [0.717, 1.165) is 31.7 Å². The van der Waals surface area contributed by atoms with Crippen LogP contribution in [0.4, 0.5) is 8.78 Å². The number of benzene rings is 1. The molecule has 1 aromatic rings. The van der Waals surface area contributed by atoms with Gasteiger partial charge >= 0.3 is 0 Å². The van der Waals surface area contributed by atoms with E-state index in [1.165, 1.54) is 12.1 Å². The van der Waals surface area contributed by atoms with Crippen molar-refractivity contribution in [3.8, 4) is 0 Å². The average molecular weight is 297 g/mol. The maximum atomic E-state index is 14.0. The molecule has 0 radical (unpaired) electrons. The van der Waals surface area contributed by atoms with E-state index in [2.05, 4.69) is 13.8 Å². The number of halogens is 2. The lowest BCUT2D eigenvalue weighted by Gasteiger charge is -2.46. The quantitative estimate of drug-likeness (QED) is 0.897. The van der Waals surface area contributed by atoms with Crippen LogP contribution in [0, 0.1) is 17.0 Å². The standard InChI is InChI=1S/C17H25F2NO/c1-4-21-17(9-7-16(2,3)8-10-17)15(20)13-6-5-12(18)11-14(13)19/h5-6,11,15H,4,7-10,20H2,1-3H3. The molecule has 0 heterocycles. The molecule has 0 aliphatic heterocycles. The largest absolute Gasteiger partial charge is 0.373 e. The van der Waals surface area contributed by atoms with Crippen LogP contribution in [0.2, 0.25) is 0 Å². The second-order valence-electron chi connectivity index (χ2n) is 6.81. The Bertz CT molecular complexity index is 492. The Kier molecular flexibility index (Phi) is 4.69. The molecular weight excluding hydrogens is 272 g/mol. The summed E-state index contributed by atoms with van der Waals surface area (Å²) in [5.41, 5.74) is 6.39. The van der Waals surface area contributed by atoms with Crippen LogP contribution in [0.25, 0.3) is 0 Å². The number of hydrogen-bond acceptors (Lipinski definition) is 2. The summed E-state index contributed by atoms with van der Waals surface area (Å²) in [5.74, 6) is -1.18. The molecule has 4 heteroatoms. The van der Waals surface area contributed by atoms with Crippen LogP contribution in [0.15, 0.2) is 18.2 Å². The highest BCUT2D eigenvalue weighted by atomic mass is 19.1. The van der Waals surface area contributed by atoms with Gasteiger partial charge in [0.15, 0.2) is 0 Å². The number of nitrogens with two attached hydrogens (primary N) is 1. The van der Waals surface area contributed by atoms with Crippen LogP contribution in [0.1, 0.15) is 58.1 Å². The lowest BCUT2D eigenvalue weighted by molar-refractivity contribution is -0.101. The highest BCUT2D eigenvalue weighted by Gasteiger charge is 2.44.